The largest absolute Gasteiger partial charge is 0.468 e. The molecule has 2 unspecified atom stereocenters. The lowest BCUT2D eigenvalue weighted by atomic mass is 10.2. The predicted molar refractivity (Wildman–Crippen MR) is 134 cm³/mol. The highest BCUT2D eigenvalue weighted by molar-refractivity contribution is 14.0. The van der Waals surface area contributed by atoms with Gasteiger partial charge in [0.1, 0.15) is 5.76 Å². The van der Waals surface area contributed by atoms with Crippen LogP contribution in [-0.4, -0.2) is 56.2 Å². The third kappa shape index (κ3) is 5.91. The molecule has 0 amide bonds. The normalized spacial score (nSPS) is 20.8. The summed E-state index contributed by atoms with van der Waals surface area (Å²) < 4.78 is 5.74. The lowest BCUT2D eigenvalue weighted by Gasteiger charge is -2.25. The van der Waals surface area contributed by atoms with Gasteiger partial charge in [-0.15, -0.1) is 24.0 Å². The minimum atomic E-state index is 0. The monoisotopic (exact) mass is 523 g/mol. The van der Waals surface area contributed by atoms with Crippen LogP contribution in [0, 0.1) is 0 Å². The minimum Gasteiger partial charge on any atom is -0.468 e. The Morgan fingerprint density at radius 2 is 1.93 bits per heavy atom. The van der Waals surface area contributed by atoms with Gasteiger partial charge in [-0.1, -0.05) is 18.2 Å². The lowest BCUT2D eigenvalue weighted by molar-refractivity contribution is 0.221. The van der Waals surface area contributed by atoms with E-state index in [1.807, 2.05) is 6.07 Å². The molecular weight excluding hydrogens is 489 g/mol. The van der Waals surface area contributed by atoms with E-state index >= 15 is 0 Å². The smallest absolute Gasteiger partial charge is 0.191 e. The van der Waals surface area contributed by atoms with Crippen LogP contribution in [0.15, 0.2) is 58.1 Å². The van der Waals surface area contributed by atoms with Crippen LogP contribution in [0.4, 0.5) is 5.69 Å². The molecule has 7 heteroatoms. The maximum atomic E-state index is 5.74. The summed E-state index contributed by atoms with van der Waals surface area (Å²) >= 11 is 0. The molecule has 6 nitrogen and oxygen atoms in total. The van der Waals surface area contributed by atoms with Gasteiger partial charge in [0, 0.05) is 31.4 Å². The van der Waals surface area contributed by atoms with Crippen molar-refractivity contribution >= 4 is 35.6 Å². The van der Waals surface area contributed by atoms with Gasteiger partial charge >= 0.3 is 0 Å². The molecule has 0 saturated carbocycles. The Hall–Kier alpha value is -1.74. The number of hydrogen-bond donors (Lipinski definition) is 2. The molecule has 4 rings (SSSR count). The molecule has 1 aromatic heterocycles. The van der Waals surface area contributed by atoms with Crippen molar-refractivity contribution in [2.75, 3.05) is 44.2 Å². The van der Waals surface area contributed by atoms with Gasteiger partial charge < -0.3 is 20.0 Å². The number of nitrogens with zero attached hydrogens (tertiary/aromatic N) is 3. The van der Waals surface area contributed by atoms with Crippen molar-refractivity contribution in [3.63, 3.8) is 0 Å². The van der Waals surface area contributed by atoms with E-state index in [2.05, 4.69) is 63.8 Å². The number of para-hydroxylation sites is 1. The van der Waals surface area contributed by atoms with Gasteiger partial charge in [-0.3, -0.25) is 9.89 Å². The van der Waals surface area contributed by atoms with Gasteiger partial charge in [0.05, 0.1) is 18.8 Å². The highest BCUT2D eigenvalue weighted by Crippen LogP contribution is 2.26. The van der Waals surface area contributed by atoms with Crippen LogP contribution in [0.25, 0.3) is 0 Å². The summed E-state index contributed by atoms with van der Waals surface area (Å²) in [6.45, 7) is 8.01. The third-order valence-electron chi connectivity index (χ3n) is 5.87. The second-order valence-corrected chi connectivity index (χ2v) is 7.91. The fourth-order valence-corrected chi connectivity index (χ4v) is 4.36. The van der Waals surface area contributed by atoms with Crippen molar-refractivity contribution in [1.82, 2.24) is 15.5 Å². The van der Waals surface area contributed by atoms with E-state index in [0.717, 1.165) is 50.9 Å². The number of furan rings is 1. The molecule has 0 spiro atoms. The summed E-state index contributed by atoms with van der Waals surface area (Å²) in [6.07, 6.45) is 5.41. The molecule has 0 radical (unpaired) electrons. The number of hydrogen-bond acceptors (Lipinski definition) is 4. The Morgan fingerprint density at radius 3 is 2.63 bits per heavy atom. The molecule has 2 fully saturated rings. The van der Waals surface area contributed by atoms with Gasteiger partial charge in [0.15, 0.2) is 5.96 Å². The van der Waals surface area contributed by atoms with Crippen molar-refractivity contribution in [3.05, 3.63) is 54.5 Å². The summed E-state index contributed by atoms with van der Waals surface area (Å²) in [5.41, 5.74) is 1.30. The topological polar surface area (TPSA) is 56.0 Å². The summed E-state index contributed by atoms with van der Waals surface area (Å²) in [6, 6.07) is 15.3. The highest BCUT2D eigenvalue weighted by atomic mass is 127. The van der Waals surface area contributed by atoms with Crippen molar-refractivity contribution in [3.8, 4) is 0 Å². The second kappa shape index (κ2) is 11.6. The summed E-state index contributed by atoms with van der Waals surface area (Å²) in [7, 11) is 0. The van der Waals surface area contributed by atoms with Gasteiger partial charge in [0.25, 0.3) is 0 Å². The first-order valence-corrected chi connectivity index (χ1v) is 11.0. The molecule has 1 aromatic carbocycles. The number of anilines is 1. The first kappa shape index (κ1) is 22.9. The second-order valence-electron chi connectivity index (χ2n) is 7.91. The summed E-state index contributed by atoms with van der Waals surface area (Å²) in [5.74, 6) is 1.92. The zero-order valence-corrected chi connectivity index (χ0v) is 20.1. The maximum absolute atomic E-state index is 5.74. The first-order chi connectivity index (χ1) is 14.3. The molecule has 30 heavy (non-hydrogen) atoms. The van der Waals surface area contributed by atoms with E-state index in [0.29, 0.717) is 12.6 Å². The SMILES string of the molecule is CCNC(=NCC(c1ccco1)N1CCCC1)NC1CCN(c2ccccc2)C1.I. The van der Waals surface area contributed by atoms with Crippen LogP contribution in [0.2, 0.25) is 0 Å². The number of benzene rings is 1. The zero-order chi connectivity index (χ0) is 19.9. The van der Waals surface area contributed by atoms with Crippen LogP contribution < -0.4 is 15.5 Å². The van der Waals surface area contributed by atoms with Crippen LogP contribution in [0.5, 0.6) is 0 Å². The van der Waals surface area contributed by atoms with Crippen molar-refractivity contribution in [1.29, 1.82) is 0 Å². The number of likely N-dealkylation sites (tertiary alicyclic amines) is 1. The summed E-state index contributed by atoms with van der Waals surface area (Å²) in [4.78, 5) is 9.89. The molecule has 0 aliphatic carbocycles. The molecule has 3 heterocycles. The number of nitrogens with one attached hydrogen (secondary N) is 2. The zero-order valence-electron chi connectivity index (χ0n) is 17.8. The van der Waals surface area contributed by atoms with E-state index in [4.69, 9.17) is 9.41 Å². The highest BCUT2D eigenvalue weighted by Gasteiger charge is 2.26. The van der Waals surface area contributed by atoms with E-state index < -0.39 is 0 Å². The molecule has 2 N–H and O–H groups in total. The Bertz CT molecular complexity index is 761. The third-order valence-corrected chi connectivity index (χ3v) is 5.87. The van der Waals surface area contributed by atoms with Gasteiger partial charge in [0.2, 0.25) is 0 Å². The average molecular weight is 523 g/mol. The van der Waals surface area contributed by atoms with Crippen molar-refractivity contribution in [2.24, 2.45) is 4.99 Å². The van der Waals surface area contributed by atoms with E-state index in [-0.39, 0.29) is 30.0 Å². The molecule has 2 aliphatic heterocycles. The van der Waals surface area contributed by atoms with E-state index in [1.165, 1.54) is 18.5 Å². The average Bonchev–Trinajstić information content (AvgIpc) is 3.52. The predicted octanol–water partition coefficient (Wildman–Crippen LogP) is 3.87. The van der Waals surface area contributed by atoms with Gasteiger partial charge in [-0.25, -0.2) is 0 Å². The van der Waals surface area contributed by atoms with Crippen LogP contribution >= 0.6 is 24.0 Å². The number of guanidine groups is 1. The fourth-order valence-electron chi connectivity index (χ4n) is 4.36. The molecule has 2 aromatic rings. The van der Waals surface area contributed by atoms with Gasteiger partial charge in [-0.05, 0) is 63.5 Å². The number of aliphatic imine (C=N–C) groups is 1. The van der Waals surface area contributed by atoms with Crippen molar-refractivity contribution < 1.29 is 4.42 Å². The fraction of sp³-hybridized carbons (Fsp3) is 0.522. The Kier molecular flexibility index (Phi) is 8.87. The molecule has 0 bridgehead atoms. The lowest BCUT2D eigenvalue weighted by Crippen LogP contribution is -2.45. The Morgan fingerprint density at radius 1 is 1.13 bits per heavy atom. The number of halogens is 1. The van der Waals surface area contributed by atoms with Crippen LogP contribution in [0.1, 0.15) is 38.0 Å². The molecule has 2 atom stereocenters. The maximum Gasteiger partial charge on any atom is 0.191 e. The molecule has 2 saturated heterocycles. The van der Waals surface area contributed by atoms with E-state index in [9.17, 15) is 0 Å². The molecule has 164 valence electrons. The van der Waals surface area contributed by atoms with Crippen LogP contribution in [-0.2, 0) is 0 Å². The first-order valence-electron chi connectivity index (χ1n) is 11.0. The van der Waals surface area contributed by atoms with Gasteiger partial charge in [-0.2, -0.15) is 0 Å². The molecular formula is C23H34IN5O. The Balaban J connectivity index is 0.00000256. The summed E-state index contributed by atoms with van der Waals surface area (Å²) in [5, 5.41) is 7.08. The molecule has 2 aliphatic rings. The number of rotatable bonds is 7. The van der Waals surface area contributed by atoms with Crippen molar-refractivity contribution in [2.45, 2.75) is 38.3 Å². The minimum absolute atomic E-state index is 0. The van der Waals surface area contributed by atoms with Crippen LogP contribution in [0.3, 0.4) is 0 Å². The quantitative estimate of drug-likeness (QED) is 0.328. The Labute approximate surface area is 197 Å². The van der Waals surface area contributed by atoms with E-state index in [1.54, 1.807) is 6.26 Å². The standard InChI is InChI=1S/C23H33N5O.HI/c1-2-24-23(26-19-12-15-28(18-19)20-9-4-3-5-10-20)25-17-21(22-11-8-16-29-22)27-13-6-7-14-27;/h3-5,8-11,16,19,21H,2,6-7,12-15,17-18H2,1H3,(H2,24,25,26);1H.